The van der Waals surface area contributed by atoms with E-state index >= 15 is 0 Å². The molecule has 1 N–H and O–H groups in total. The number of amides is 2. The Morgan fingerprint density at radius 3 is 2.20 bits per heavy atom. The molecule has 0 aliphatic rings. The number of nitrogens with one attached hydrogen (secondary N) is 1. The molecule has 4 aromatic rings. The maximum Gasteiger partial charge on any atom is 0.245 e. The second-order valence-electron chi connectivity index (χ2n) is 8.50. The van der Waals surface area contributed by atoms with Crippen LogP contribution in [0.2, 0.25) is 0 Å². The van der Waals surface area contributed by atoms with Crippen molar-refractivity contribution >= 4 is 17.6 Å². The van der Waals surface area contributed by atoms with Crippen LogP contribution < -0.4 is 5.32 Å². The summed E-state index contributed by atoms with van der Waals surface area (Å²) in [6, 6.07) is 26.5. The average molecular weight is 471 g/mol. The highest BCUT2D eigenvalue weighted by Crippen LogP contribution is 2.25. The van der Waals surface area contributed by atoms with Crippen LogP contribution in [0.1, 0.15) is 19.4 Å². The second-order valence-corrected chi connectivity index (χ2v) is 8.50. The second kappa shape index (κ2) is 10.8. The molecule has 0 aliphatic heterocycles. The molecule has 3 aromatic carbocycles. The van der Waals surface area contributed by atoms with Gasteiger partial charge in [-0.05, 0) is 43.7 Å². The molecule has 0 radical (unpaired) electrons. The monoisotopic (exact) mass is 470 g/mol. The van der Waals surface area contributed by atoms with Crippen LogP contribution in [0.25, 0.3) is 16.9 Å². The zero-order valence-electron chi connectivity index (χ0n) is 19.7. The maximum absolute atomic E-state index is 13.5. The van der Waals surface area contributed by atoms with E-state index in [-0.39, 0.29) is 36.6 Å². The Labute approximate surface area is 204 Å². The molecule has 6 nitrogen and oxygen atoms in total. The summed E-state index contributed by atoms with van der Waals surface area (Å²) < 4.78 is 15.1. The summed E-state index contributed by atoms with van der Waals surface area (Å²) in [5.41, 5.74) is 3.03. The highest BCUT2D eigenvalue weighted by Gasteiger charge is 2.22. The lowest BCUT2D eigenvalue weighted by Crippen LogP contribution is -2.43. The largest absolute Gasteiger partial charge is 0.331 e. The number of carbonyl (C=O) groups is 2. The fraction of sp³-hybridized carbons (Fsp3) is 0.179. The van der Waals surface area contributed by atoms with Crippen molar-refractivity contribution in [1.82, 2.24) is 14.7 Å². The Bertz CT molecular complexity index is 1290. The third kappa shape index (κ3) is 6.00. The molecule has 0 saturated heterocycles. The van der Waals surface area contributed by atoms with Crippen molar-refractivity contribution in [1.29, 1.82) is 0 Å². The fourth-order valence-corrected chi connectivity index (χ4v) is 3.77. The summed E-state index contributed by atoms with van der Waals surface area (Å²) in [6.45, 7) is 3.66. The van der Waals surface area contributed by atoms with Gasteiger partial charge in [0, 0.05) is 17.7 Å². The van der Waals surface area contributed by atoms with E-state index < -0.39 is 0 Å². The Balaban J connectivity index is 1.56. The van der Waals surface area contributed by atoms with Crippen LogP contribution in [0.3, 0.4) is 0 Å². The molecular weight excluding hydrogens is 443 g/mol. The summed E-state index contributed by atoms with van der Waals surface area (Å²) in [6.07, 6.45) is 0.220. The zero-order chi connectivity index (χ0) is 24.8. The number of halogens is 1. The average Bonchev–Trinajstić information content (AvgIpc) is 3.27. The van der Waals surface area contributed by atoms with E-state index in [9.17, 15) is 14.0 Å². The maximum atomic E-state index is 13.5. The van der Waals surface area contributed by atoms with Gasteiger partial charge in [-0.15, -0.1) is 0 Å². The van der Waals surface area contributed by atoms with Gasteiger partial charge in [-0.1, -0.05) is 60.7 Å². The quantitative estimate of drug-likeness (QED) is 0.390. The molecule has 178 valence electrons. The lowest BCUT2D eigenvalue weighted by molar-refractivity contribution is -0.135. The van der Waals surface area contributed by atoms with Crippen molar-refractivity contribution in [2.45, 2.75) is 26.3 Å². The molecule has 4 rings (SSSR count). The molecule has 7 heteroatoms. The number of hydrogen-bond donors (Lipinski definition) is 1. The molecule has 1 heterocycles. The molecule has 0 spiro atoms. The van der Waals surface area contributed by atoms with Crippen LogP contribution in [0.4, 0.5) is 10.2 Å². The van der Waals surface area contributed by atoms with Crippen molar-refractivity contribution in [3.8, 4) is 16.9 Å². The molecule has 0 bridgehead atoms. The number of hydrogen-bond acceptors (Lipinski definition) is 3. The molecule has 2 amide bonds. The summed E-state index contributed by atoms with van der Waals surface area (Å²) in [5, 5.41) is 7.53. The number of carbonyl (C=O) groups excluding carboxylic acids is 2. The van der Waals surface area contributed by atoms with Crippen LogP contribution in [0.15, 0.2) is 91.0 Å². The van der Waals surface area contributed by atoms with Crippen LogP contribution in [0.5, 0.6) is 0 Å². The molecule has 0 atom stereocenters. The Kier molecular flexibility index (Phi) is 7.35. The van der Waals surface area contributed by atoms with Gasteiger partial charge in [-0.3, -0.25) is 9.59 Å². The predicted octanol–water partition coefficient (Wildman–Crippen LogP) is 5.10. The van der Waals surface area contributed by atoms with Gasteiger partial charge in [0.05, 0.1) is 17.8 Å². The Morgan fingerprint density at radius 2 is 1.57 bits per heavy atom. The first kappa shape index (κ1) is 23.9. The van der Waals surface area contributed by atoms with Gasteiger partial charge < -0.3 is 10.2 Å². The van der Waals surface area contributed by atoms with Crippen molar-refractivity contribution in [3.63, 3.8) is 0 Å². The van der Waals surface area contributed by atoms with Crippen molar-refractivity contribution in [3.05, 3.63) is 102 Å². The standard InChI is InChI=1S/C28H27FN4O2/c1-20(2)32(28(35)17-21-9-5-3-6-10-21)19-27(34)30-26-18-25(22-11-7-4-8-12-22)31-33(26)24-15-13-23(29)14-16-24/h3-16,18,20H,17,19H2,1-2H3,(H,30,34). The van der Waals surface area contributed by atoms with E-state index in [4.69, 9.17) is 0 Å². The van der Waals surface area contributed by atoms with Gasteiger partial charge in [0.1, 0.15) is 18.2 Å². The lowest BCUT2D eigenvalue weighted by atomic mass is 10.1. The first-order valence-corrected chi connectivity index (χ1v) is 11.5. The van der Waals surface area contributed by atoms with Crippen LogP contribution in [-0.4, -0.2) is 39.1 Å². The summed E-state index contributed by atoms with van der Waals surface area (Å²) >= 11 is 0. The number of anilines is 1. The number of aromatic nitrogens is 2. The fourth-order valence-electron chi connectivity index (χ4n) is 3.77. The van der Waals surface area contributed by atoms with Crippen LogP contribution in [0, 0.1) is 5.82 Å². The highest BCUT2D eigenvalue weighted by atomic mass is 19.1. The van der Waals surface area contributed by atoms with E-state index in [1.165, 1.54) is 12.1 Å². The van der Waals surface area contributed by atoms with E-state index in [0.29, 0.717) is 17.2 Å². The lowest BCUT2D eigenvalue weighted by Gasteiger charge is -2.26. The van der Waals surface area contributed by atoms with E-state index in [1.807, 2.05) is 74.5 Å². The topological polar surface area (TPSA) is 67.2 Å². The smallest absolute Gasteiger partial charge is 0.245 e. The Hall–Kier alpha value is -4.26. The minimum absolute atomic E-state index is 0.0986. The minimum atomic E-state index is -0.362. The molecule has 0 unspecified atom stereocenters. The number of nitrogens with zero attached hydrogens (tertiary/aromatic N) is 3. The van der Waals surface area contributed by atoms with Crippen LogP contribution >= 0.6 is 0 Å². The van der Waals surface area contributed by atoms with Crippen molar-refractivity contribution in [2.24, 2.45) is 0 Å². The molecule has 1 aromatic heterocycles. The van der Waals surface area contributed by atoms with E-state index in [1.54, 1.807) is 27.8 Å². The molecule has 0 fully saturated rings. The number of rotatable bonds is 8. The highest BCUT2D eigenvalue weighted by molar-refractivity contribution is 5.95. The van der Waals surface area contributed by atoms with Crippen LogP contribution in [-0.2, 0) is 16.0 Å². The number of benzene rings is 3. The molecule has 0 aliphatic carbocycles. The normalized spacial score (nSPS) is 10.9. The molecular formula is C28H27FN4O2. The molecule has 35 heavy (non-hydrogen) atoms. The van der Waals surface area contributed by atoms with E-state index in [2.05, 4.69) is 10.4 Å². The summed E-state index contributed by atoms with van der Waals surface area (Å²) in [4.78, 5) is 27.6. The molecule has 0 saturated carbocycles. The SMILES string of the molecule is CC(C)N(CC(=O)Nc1cc(-c2ccccc2)nn1-c1ccc(F)cc1)C(=O)Cc1ccccc1. The van der Waals surface area contributed by atoms with Gasteiger partial charge in [-0.2, -0.15) is 5.10 Å². The summed E-state index contributed by atoms with van der Waals surface area (Å²) in [7, 11) is 0. The zero-order valence-corrected chi connectivity index (χ0v) is 19.7. The predicted molar refractivity (Wildman–Crippen MR) is 135 cm³/mol. The minimum Gasteiger partial charge on any atom is -0.331 e. The van der Waals surface area contributed by atoms with E-state index in [0.717, 1.165) is 11.1 Å². The van der Waals surface area contributed by atoms with Gasteiger partial charge in [0.2, 0.25) is 11.8 Å². The van der Waals surface area contributed by atoms with Gasteiger partial charge in [0.15, 0.2) is 0 Å². The summed E-state index contributed by atoms with van der Waals surface area (Å²) in [5.74, 6) is -0.402. The van der Waals surface area contributed by atoms with Crippen molar-refractivity contribution < 1.29 is 14.0 Å². The van der Waals surface area contributed by atoms with Gasteiger partial charge in [0.25, 0.3) is 0 Å². The third-order valence-corrected chi connectivity index (χ3v) is 5.57. The van der Waals surface area contributed by atoms with Crippen molar-refractivity contribution in [2.75, 3.05) is 11.9 Å². The van der Waals surface area contributed by atoms with Gasteiger partial charge >= 0.3 is 0 Å². The third-order valence-electron chi connectivity index (χ3n) is 5.57. The Morgan fingerprint density at radius 1 is 0.943 bits per heavy atom. The first-order chi connectivity index (χ1) is 16.9. The first-order valence-electron chi connectivity index (χ1n) is 11.5. The van der Waals surface area contributed by atoms with Gasteiger partial charge in [-0.25, -0.2) is 9.07 Å².